The molecule has 1 heterocycles. The maximum Gasteiger partial charge on any atom is 0.409 e. The first-order valence-electron chi connectivity index (χ1n) is 6.81. The second kappa shape index (κ2) is 6.14. The van der Waals surface area contributed by atoms with E-state index in [0.29, 0.717) is 27.7 Å². The largest absolute Gasteiger partial charge is 0.495 e. The average molecular weight is 329 g/mol. The molecule has 0 aliphatic heterocycles. The first-order valence-corrected chi connectivity index (χ1v) is 7.19. The van der Waals surface area contributed by atoms with Gasteiger partial charge in [0.25, 0.3) is 0 Å². The maximum atomic E-state index is 11.0. The quantitative estimate of drug-likeness (QED) is 0.734. The van der Waals surface area contributed by atoms with Gasteiger partial charge in [0.1, 0.15) is 5.75 Å². The predicted molar refractivity (Wildman–Crippen MR) is 90.4 cm³/mol. The topological polar surface area (TPSA) is 71.5 Å². The SMILES string of the molecule is COc1cc(Cl)c(-c2nccc3ccccc23)cc1NC(=O)O. The number of ether oxygens (including phenoxy) is 1. The highest BCUT2D eigenvalue weighted by atomic mass is 35.5. The molecule has 2 N–H and O–H groups in total. The molecule has 0 fully saturated rings. The van der Waals surface area contributed by atoms with Gasteiger partial charge in [-0.2, -0.15) is 0 Å². The van der Waals surface area contributed by atoms with E-state index in [9.17, 15) is 4.79 Å². The Morgan fingerprint density at radius 3 is 2.78 bits per heavy atom. The number of anilines is 1. The van der Waals surface area contributed by atoms with E-state index in [-0.39, 0.29) is 0 Å². The van der Waals surface area contributed by atoms with Crippen LogP contribution in [-0.4, -0.2) is 23.3 Å². The molecule has 23 heavy (non-hydrogen) atoms. The number of carboxylic acid groups (broad SMARTS) is 1. The van der Waals surface area contributed by atoms with E-state index in [1.165, 1.54) is 7.11 Å². The molecule has 0 radical (unpaired) electrons. The molecule has 0 bridgehead atoms. The van der Waals surface area contributed by atoms with Crippen LogP contribution in [0, 0.1) is 0 Å². The molecule has 6 heteroatoms. The van der Waals surface area contributed by atoms with Crippen molar-refractivity contribution in [3.8, 4) is 17.0 Å². The van der Waals surface area contributed by atoms with Gasteiger partial charge in [0.2, 0.25) is 0 Å². The van der Waals surface area contributed by atoms with Crippen LogP contribution in [0.3, 0.4) is 0 Å². The van der Waals surface area contributed by atoms with Crippen LogP contribution in [0.5, 0.6) is 5.75 Å². The Labute approximate surface area is 137 Å². The Bertz CT molecular complexity index is 891. The van der Waals surface area contributed by atoms with Crippen molar-refractivity contribution in [2.45, 2.75) is 0 Å². The third-order valence-corrected chi connectivity index (χ3v) is 3.77. The number of nitrogens with zero attached hydrogens (tertiary/aromatic N) is 1. The van der Waals surface area contributed by atoms with Crippen molar-refractivity contribution in [2.75, 3.05) is 12.4 Å². The predicted octanol–water partition coefficient (Wildman–Crippen LogP) is 4.65. The third kappa shape index (κ3) is 2.91. The van der Waals surface area contributed by atoms with E-state index in [0.717, 1.165) is 10.8 Å². The van der Waals surface area contributed by atoms with Gasteiger partial charge in [0, 0.05) is 23.2 Å². The van der Waals surface area contributed by atoms with E-state index in [1.807, 2.05) is 30.3 Å². The van der Waals surface area contributed by atoms with Gasteiger partial charge in [-0.05, 0) is 17.5 Å². The fourth-order valence-corrected chi connectivity index (χ4v) is 2.70. The molecule has 116 valence electrons. The van der Waals surface area contributed by atoms with Crippen molar-refractivity contribution in [1.29, 1.82) is 0 Å². The Kier molecular flexibility index (Phi) is 4.04. The number of fused-ring (bicyclic) bond motifs is 1. The van der Waals surface area contributed by atoms with Crippen LogP contribution in [0.2, 0.25) is 5.02 Å². The molecular formula is C17H13ClN2O3. The zero-order valence-corrected chi connectivity index (χ0v) is 13.0. The number of benzene rings is 2. The van der Waals surface area contributed by atoms with Crippen LogP contribution in [0.4, 0.5) is 10.5 Å². The minimum Gasteiger partial charge on any atom is -0.495 e. The summed E-state index contributed by atoms with van der Waals surface area (Å²) >= 11 is 6.36. The Hall–Kier alpha value is -2.79. The lowest BCUT2D eigenvalue weighted by Gasteiger charge is -2.13. The number of nitrogens with one attached hydrogen (secondary N) is 1. The number of halogens is 1. The molecule has 0 atom stereocenters. The van der Waals surface area contributed by atoms with Crippen LogP contribution >= 0.6 is 11.6 Å². The number of amides is 1. The summed E-state index contributed by atoms with van der Waals surface area (Å²) in [6, 6.07) is 12.9. The van der Waals surface area contributed by atoms with Crippen LogP contribution in [0.1, 0.15) is 0 Å². The van der Waals surface area contributed by atoms with Crippen LogP contribution in [-0.2, 0) is 0 Å². The van der Waals surface area contributed by atoms with E-state index >= 15 is 0 Å². The lowest BCUT2D eigenvalue weighted by Crippen LogP contribution is -2.08. The van der Waals surface area contributed by atoms with Gasteiger partial charge in [0.15, 0.2) is 0 Å². The summed E-state index contributed by atoms with van der Waals surface area (Å²) in [6.45, 7) is 0. The molecule has 0 aliphatic carbocycles. The Balaban J connectivity index is 2.24. The standard InChI is InChI=1S/C17H13ClN2O3/c1-23-15-9-13(18)12(8-14(15)20-17(21)22)16-11-5-3-2-4-10(11)6-7-19-16/h2-9,20H,1H3,(H,21,22). The summed E-state index contributed by atoms with van der Waals surface area (Å²) in [5.41, 5.74) is 1.63. The number of methoxy groups -OCH3 is 1. The Morgan fingerprint density at radius 2 is 2.04 bits per heavy atom. The number of pyridine rings is 1. The number of hydrogen-bond acceptors (Lipinski definition) is 3. The summed E-state index contributed by atoms with van der Waals surface area (Å²) in [5, 5.41) is 13.7. The Morgan fingerprint density at radius 1 is 1.26 bits per heavy atom. The highest BCUT2D eigenvalue weighted by Crippen LogP contribution is 2.38. The van der Waals surface area contributed by atoms with Crippen LogP contribution in [0.15, 0.2) is 48.7 Å². The minimum atomic E-state index is -1.18. The molecule has 3 rings (SSSR count). The third-order valence-electron chi connectivity index (χ3n) is 3.46. The molecule has 0 saturated carbocycles. The minimum absolute atomic E-state index is 0.314. The van der Waals surface area contributed by atoms with Crippen molar-refractivity contribution in [1.82, 2.24) is 4.98 Å². The van der Waals surface area contributed by atoms with Gasteiger partial charge in [-0.15, -0.1) is 0 Å². The summed E-state index contributed by atoms with van der Waals surface area (Å²) in [5.74, 6) is 0.349. The van der Waals surface area contributed by atoms with Gasteiger partial charge in [-0.3, -0.25) is 10.3 Å². The van der Waals surface area contributed by atoms with Gasteiger partial charge >= 0.3 is 6.09 Å². The summed E-state index contributed by atoms with van der Waals surface area (Å²) in [6.07, 6.45) is 0.519. The number of aromatic nitrogens is 1. The molecule has 0 unspecified atom stereocenters. The fourth-order valence-electron chi connectivity index (χ4n) is 2.45. The molecule has 0 aliphatic rings. The highest BCUT2D eigenvalue weighted by Gasteiger charge is 2.15. The molecule has 5 nitrogen and oxygen atoms in total. The van der Waals surface area contributed by atoms with Crippen LogP contribution in [0.25, 0.3) is 22.0 Å². The summed E-state index contributed by atoms with van der Waals surface area (Å²) < 4.78 is 5.17. The van der Waals surface area contributed by atoms with Gasteiger partial charge in [-0.1, -0.05) is 35.9 Å². The average Bonchev–Trinajstić information content (AvgIpc) is 2.55. The van der Waals surface area contributed by atoms with Crippen molar-refractivity contribution >= 4 is 34.2 Å². The van der Waals surface area contributed by atoms with Gasteiger partial charge in [0.05, 0.1) is 23.5 Å². The molecule has 0 saturated heterocycles. The highest BCUT2D eigenvalue weighted by molar-refractivity contribution is 6.34. The molecule has 1 aromatic heterocycles. The zero-order chi connectivity index (χ0) is 16.4. The first kappa shape index (κ1) is 15.1. The number of hydrogen-bond donors (Lipinski definition) is 2. The molecule has 1 amide bonds. The van der Waals surface area contributed by atoms with Crippen molar-refractivity contribution in [2.24, 2.45) is 0 Å². The molecule has 2 aromatic carbocycles. The number of carbonyl (C=O) groups is 1. The van der Waals surface area contributed by atoms with Crippen LogP contribution < -0.4 is 10.1 Å². The van der Waals surface area contributed by atoms with E-state index in [4.69, 9.17) is 21.4 Å². The van der Waals surface area contributed by atoms with Crippen molar-refractivity contribution < 1.29 is 14.6 Å². The fraction of sp³-hybridized carbons (Fsp3) is 0.0588. The lowest BCUT2D eigenvalue weighted by molar-refractivity contribution is 0.209. The summed E-state index contributed by atoms with van der Waals surface area (Å²) in [7, 11) is 1.45. The molecular weight excluding hydrogens is 316 g/mol. The van der Waals surface area contributed by atoms with Gasteiger partial charge < -0.3 is 9.84 Å². The number of rotatable bonds is 3. The van der Waals surface area contributed by atoms with Crippen molar-refractivity contribution in [3.05, 3.63) is 53.7 Å². The second-order valence-electron chi connectivity index (χ2n) is 4.84. The normalized spacial score (nSPS) is 10.5. The monoisotopic (exact) mass is 328 g/mol. The van der Waals surface area contributed by atoms with E-state index < -0.39 is 6.09 Å². The van der Waals surface area contributed by atoms with E-state index in [1.54, 1.807) is 18.3 Å². The van der Waals surface area contributed by atoms with E-state index in [2.05, 4.69) is 10.3 Å². The summed E-state index contributed by atoms with van der Waals surface area (Å²) in [4.78, 5) is 15.4. The zero-order valence-electron chi connectivity index (χ0n) is 12.2. The van der Waals surface area contributed by atoms with Crippen molar-refractivity contribution in [3.63, 3.8) is 0 Å². The molecule has 3 aromatic rings. The maximum absolute atomic E-state index is 11.0. The first-order chi connectivity index (χ1) is 11.1. The second-order valence-corrected chi connectivity index (χ2v) is 5.25. The lowest BCUT2D eigenvalue weighted by atomic mass is 10.0. The van der Waals surface area contributed by atoms with Gasteiger partial charge in [-0.25, -0.2) is 4.79 Å². The molecule has 0 spiro atoms. The smallest absolute Gasteiger partial charge is 0.409 e.